The van der Waals surface area contributed by atoms with Crippen LogP contribution in [-0.2, 0) is 4.79 Å². The van der Waals surface area contributed by atoms with Gasteiger partial charge in [0, 0.05) is 0 Å². The average molecular weight is 281 g/mol. The van der Waals surface area contributed by atoms with Gasteiger partial charge in [-0.2, -0.15) is 0 Å². The van der Waals surface area contributed by atoms with Gasteiger partial charge in [0.05, 0.1) is 12.7 Å². The molecule has 0 saturated heterocycles. The van der Waals surface area contributed by atoms with Crippen LogP contribution in [0.15, 0.2) is 18.2 Å². The molecule has 1 amide bonds. The summed E-state index contributed by atoms with van der Waals surface area (Å²) in [7, 11) is 1.44. The van der Waals surface area contributed by atoms with Crippen LogP contribution in [0.25, 0.3) is 0 Å². The SMILES string of the molecule is COc1ccc(O)c(C(=O)NC(CC(C)C)C(=O)O)c1. The molecule has 1 rings (SSSR count). The van der Waals surface area contributed by atoms with E-state index in [1.807, 2.05) is 13.8 Å². The number of hydrogen-bond acceptors (Lipinski definition) is 4. The maximum atomic E-state index is 12.0. The smallest absolute Gasteiger partial charge is 0.326 e. The highest BCUT2D eigenvalue weighted by Crippen LogP contribution is 2.23. The number of carboxylic acid groups (broad SMARTS) is 1. The van der Waals surface area contributed by atoms with Crippen LogP contribution in [-0.4, -0.2) is 35.2 Å². The van der Waals surface area contributed by atoms with Crippen LogP contribution < -0.4 is 10.1 Å². The van der Waals surface area contributed by atoms with E-state index >= 15 is 0 Å². The van der Waals surface area contributed by atoms with Gasteiger partial charge in [0.2, 0.25) is 0 Å². The molecule has 0 bridgehead atoms. The van der Waals surface area contributed by atoms with Gasteiger partial charge in [-0.1, -0.05) is 13.8 Å². The van der Waals surface area contributed by atoms with Gasteiger partial charge in [0.1, 0.15) is 17.5 Å². The summed E-state index contributed by atoms with van der Waals surface area (Å²) < 4.78 is 4.97. The lowest BCUT2D eigenvalue weighted by Gasteiger charge is -2.17. The number of phenols is 1. The molecule has 6 nitrogen and oxygen atoms in total. The average Bonchev–Trinajstić information content (AvgIpc) is 2.37. The molecule has 0 aliphatic carbocycles. The fourth-order valence-electron chi connectivity index (χ4n) is 1.75. The van der Waals surface area contributed by atoms with E-state index in [9.17, 15) is 14.7 Å². The third-order valence-electron chi connectivity index (χ3n) is 2.76. The van der Waals surface area contributed by atoms with E-state index in [2.05, 4.69) is 5.32 Å². The molecule has 0 radical (unpaired) electrons. The molecule has 1 unspecified atom stereocenters. The first-order valence-electron chi connectivity index (χ1n) is 6.25. The van der Waals surface area contributed by atoms with Gasteiger partial charge in [0.25, 0.3) is 5.91 Å². The number of benzene rings is 1. The summed E-state index contributed by atoms with van der Waals surface area (Å²) in [6.45, 7) is 3.73. The van der Waals surface area contributed by atoms with Gasteiger partial charge in [-0.05, 0) is 30.5 Å². The van der Waals surface area contributed by atoms with Gasteiger partial charge >= 0.3 is 5.97 Å². The number of rotatable bonds is 6. The minimum Gasteiger partial charge on any atom is -0.507 e. The number of nitrogens with one attached hydrogen (secondary N) is 1. The zero-order chi connectivity index (χ0) is 15.3. The third-order valence-corrected chi connectivity index (χ3v) is 2.76. The summed E-state index contributed by atoms with van der Waals surface area (Å²) in [4.78, 5) is 23.1. The fourth-order valence-corrected chi connectivity index (χ4v) is 1.75. The van der Waals surface area contributed by atoms with Crippen LogP contribution in [0.3, 0.4) is 0 Å². The minimum absolute atomic E-state index is 0.0145. The molecule has 1 atom stereocenters. The predicted molar refractivity (Wildman–Crippen MR) is 73.0 cm³/mol. The quantitative estimate of drug-likeness (QED) is 0.736. The highest BCUT2D eigenvalue weighted by atomic mass is 16.5. The zero-order valence-electron chi connectivity index (χ0n) is 11.7. The van der Waals surface area contributed by atoms with Crippen molar-refractivity contribution in [2.45, 2.75) is 26.3 Å². The first-order chi connectivity index (χ1) is 9.35. The topological polar surface area (TPSA) is 95.9 Å². The molecule has 0 saturated carbocycles. The number of methoxy groups -OCH3 is 1. The Bertz CT molecular complexity index is 498. The first-order valence-corrected chi connectivity index (χ1v) is 6.25. The standard InChI is InChI=1S/C14H19NO5/c1-8(2)6-11(14(18)19)15-13(17)10-7-9(20-3)4-5-12(10)16/h4-5,7-8,11,16H,6H2,1-3H3,(H,15,17)(H,18,19). The van der Waals surface area contributed by atoms with E-state index in [0.717, 1.165) is 0 Å². The second kappa shape index (κ2) is 6.79. The number of ether oxygens (including phenoxy) is 1. The van der Waals surface area contributed by atoms with Crippen LogP contribution >= 0.6 is 0 Å². The highest BCUT2D eigenvalue weighted by molar-refractivity contribution is 5.99. The van der Waals surface area contributed by atoms with Crippen molar-refractivity contribution in [3.8, 4) is 11.5 Å². The van der Waals surface area contributed by atoms with Crippen LogP contribution in [0.1, 0.15) is 30.6 Å². The minimum atomic E-state index is -1.10. The second-order valence-corrected chi connectivity index (χ2v) is 4.88. The van der Waals surface area contributed by atoms with Gasteiger partial charge in [-0.15, -0.1) is 0 Å². The van der Waals surface area contributed by atoms with Crippen molar-refractivity contribution in [1.29, 1.82) is 0 Å². The Morgan fingerprint density at radius 3 is 2.50 bits per heavy atom. The van der Waals surface area contributed by atoms with Crippen molar-refractivity contribution in [3.63, 3.8) is 0 Å². The van der Waals surface area contributed by atoms with Crippen LogP contribution in [0.4, 0.5) is 0 Å². The van der Waals surface area contributed by atoms with Crippen molar-refractivity contribution in [3.05, 3.63) is 23.8 Å². The van der Waals surface area contributed by atoms with Gasteiger partial charge in [0.15, 0.2) is 0 Å². The summed E-state index contributed by atoms with van der Waals surface area (Å²) in [6, 6.07) is 3.20. The molecule has 110 valence electrons. The highest BCUT2D eigenvalue weighted by Gasteiger charge is 2.23. The normalized spacial score (nSPS) is 12.0. The molecule has 20 heavy (non-hydrogen) atoms. The first kappa shape index (κ1) is 15.8. The molecule has 0 aliphatic rings. The molecule has 1 aromatic carbocycles. The number of phenolic OH excluding ortho intramolecular Hbond substituents is 1. The van der Waals surface area contributed by atoms with E-state index in [1.165, 1.54) is 25.3 Å². The Labute approximate surface area is 117 Å². The largest absolute Gasteiger partial charge is 0.507 e. The van der Waals surface area contributed by atoms with Crippen molar-refractivity contribution in [1.82, 2.24) is 5.32 Å². The summed E-state index contributed by atoms with van der Waals surface area (Å²) in [5.74, 6) is -1.44. The van der Waals surface area contributed by atoms with E-state index in [-0.39, 0.29) is 17.2 Å². The summed E-state index contributed by atoms with van der Waals surface area (Å²) in [5.41, 5.74) is -0.0145. The predicted octanol–water partition coefficient (Wildman–Crippen LogP) is 1.63. The van der Waals surface area contributed by atoms with Crippen LogP contribution in [0.5, 0.6) is 11.5 Å². The van der Waals surface area contributed by atoms with E-state index < -0.39 is 17.9 Å². The van der Waals surface area contributed by atoms with Crippen molar-refractivity contribution >= 4 is 11.9 Å². The molecule has 1 aromatic rings. The number of carbonyl (C=O) groups excluding carboxylic acids is 1. The Morgan fingerprint density at radius 2 is 2.00 bits per heavy atom. The summed E-state index contributed by atoms with van der Waals surface area (Å²) in [6.07, 6.45) is 0.311. The van der Waals surface area contributed by atoms with E-state index in [4.69, 9.17) is 9.84 Å². The number of amides is 1. The maximum absolute atomic E-state index is 12.0. The van der Waals surface area contributed by atoms with Gasteiger partial charge < -0.3 is 20.3 Å². The monoisotopic (exact) mass is 281 g/mol. The van der Waals surface area contributed by atoms with E-state index in [0.29, 0.717) is 12.2 Å². The van der Waals surface area contributed by atoms with E-state index in [1.54, 1.807) is 0 Å². The number of carbonyl (C=O) groups is 2. The van der Waals surface area contributed by atoms with Crippen LogP contribution in [0.2, 0.25) is 0 Å². The molecule has 0 spiro atoms. The number of carboxylic acids is 1. The Morgan fingerprint density at radius 1 is 1.35 bits per heavy atom. The van der Waals surface area contributed by atoms with Gasteiger partial charge in [-0.25, -0.2) is 4.79 Å². The Kier molecular flexibility index (Phi) is 5.37. The summed E-state index contributed by atoms with van der Waals surface area (Å²) in [5, 5.41) is 21.2. The summed E-state index contributed by atoms with van der Waals surface area (Å²) >= 11 is 0. The third kappa shape index (κ3) is 4.15. The number of aliphatic carboxylic acids is 1. The van der Waals surface area contributed by atoms with Crippen molar-refractivity contribution in [2.24, 2.45) is 5.92 Å². The molecular weight excluding hydrogens is 262 g/mol. The second-order valence-electron chi connectivity index (χ2n) is 4.88. The maximum Gasteiger partial charge on any atom is 0.326 e. The molecule has 3 N–H and O–H groups in total. The van der Waals surface area contributed by atoms with Crippen LogP contribution in [0, 0.1) is 5.92 Å². The molecule has 6 heteroatoms. The Hall–Kier alpha value is -2.24. The van der Waals surface area contributed by atoms with Crippen molar-refractivity contribution in [2.75, 3.05) is 7.11 Å². The number of hydrogen-bond donors (Lipinski definition) is 3. The fraction of sp³-hybridized carbons (Fsp3) is 0.429. The Balaban J connectivity index is 2.91. The molecule has 0 heterocycles. The van der Waals surface area contributed by atoms with Crippen molar-refractivity contribution < 1.29 is 24.5 Å². The molecule has 0 aromatic heterocycles. The lowest BCUT2D eigenvalue weighted by Crippen LogP contribution is -2.41. The molecule has 0 fully saturated rings. The zero-order valence-corrected chi connectivity index (χ0v) is 11.7. The van der Waals surface area contributed by atoms with Gasteiger partial charge in [-0.3, -0.25) is 4.79 Å². The molecule has 0 aliphatic heterocycles. The lowest BCUT2D eigenvalue weighted by atomic mass is 10.0. The number of aromatic hydroxyl groups is 1. The molecular formula is C14H19NO5. The lowest BCUT2D eigenvalue weighted by molar-refractivity contribution is -0.139.